The lowest BCUT2D eigenvalue weighted by molar-refractivity contribution is 0.419. The van der Waals surface area contributed by atoms with E-state index in [2.05, 4.69) is 149 Å². The first-order chi connectivity index (χ1) is 25.8. The van der Waals surface area contributed by atoms with Gasteiger partial charge in [-0.05, 0) is 138 Å². The molecule has 0 aromatic heterocycles. The monoisotopic (exact) mass is 672 g/mol. The fourth-order valence-corrected chi connectivity index (χ4v) is 7.88. The predicted molar refractivity (Wildman–Crippen MR) is 212 cm³/mol. The second-order valence-corrected chi connectivity index (χ2v) is 13.6. The van der Waals surface area contributed by atoms with E-state index in [1.807, 2.05) is 30.3 Å². The molecule has 6 aromatic carbocycles. The molecule has 2 heterocycles. The Morgan fingerprint density at radius 2 is 1.02 bits per heavy atom. The molecule has 0 amide bonds. The van der Waals surface area contributed by atoms with Crippen molar-refractivity contribution in [3.63, 3.8) is 0 Å². The summed E-state index contributed by atoms with van der Waals surface area (Å²) in [6.45, 7) is 0. The quantitative estimate of drug-likeness (QED) is 0.182. The minimum atomic E-state index is 0.856. The van der Waals surface area contributed by atoms with E-state index in [0.29, 0.717) is 0 Å². The maximum atomic E-state index is 6.33. The molecular weight excluding hydrogens is 637 g/mol. The maximum Gasteiger partial charge on any atom is 0.151 e. The van der Waals surface area contributed by atoms with Crippen molar-refractivity contribution < 1.29 is 9.47 Å². The molecule has 0 spiro atoms. The highest BCUT2D eigenvalue weighted by atomic mass is 16.5. The summed E-state index contributed by atoms with van der Waals surface area (Å²) < 4.78 is 12.6. The summed E-state index contributed by atoms with van der Waals surface area (Å²) >= 11 is 0. The first kappa shape index (κ1) is 30.3. The molecule has 4 heteroatoms. The predicted octanol–water partition coefficient (Wildman–Crippen LogP) is 13.1. The summed E-state index contributed by atoms with van der Waals surface area (Å²) in [7, 11) is 0. The van der Waals surface area contributed by atoms with Crippen LogP contribution in [0.2, 0.25) is 0 Å². The zero-order valence-corrected chi connectivity index (χ0v) is 28.7. The maximum absolute atomic E-state index is 6.33. The van der Waals surface area contributed by atoms with Gasteiger partial charge in [-0.3, -0.25) is 0 Å². The molecular formula is C48H36N2O2. The Balaban J connectivity index is 1.02. The molecule has 10 rings (SSSR count). The second-order valence-electron chi connectivity index (χ2n) is 13.6. The van der Waals surface area contributed by atoms with E-state index in [9.17, 15) is 0 Å². The number of benzene rings is 6. The van der Waals surface area contributed by atoms with E-state index in [4.69, 9.17) is 9.47 Å². The summed E-state index contributed by atoms with van der Waals surface area (Å²) in [6, 6.07) is 51.6. The van der Waals surface area contributed by atoms with Gasteiger partial charge in [0.2, 0.25) is 0 Å². The van der Waals surface area contributed by atoms with Gasteiger partial charge in [0.15, 0.2) is 17.2 Å². The summed E-state index contributed by atoms with van der Waals surface area (Å²) in [4.78, 5) is 4.74. The number of hydrogen-bond donors (Lipinski definition) is 0. The molecule has 6 aromatic rings. The molecule has 0 atom stereocenters. The van der Waals surface area contributed by atoms with E-state index in [1.165, 1.54) is 44.8 Å². The van der Waals surface area contributed by atoms with Crippen LogP contribution in [-0.2, 0) is 0 Å². The zero-order valence-electron chi connectivity index (χ0n) is 28.7. The second kappa shape index (κ2) is 12.7. The number of hydrogen-bond acceptors (Lipinski definition) is 4. The van der Waals surface area contributed by atoms with Crippen LogP contribution in [0.5, 0.6) is 17.2 Å². The van der Waals surface area contributed by atoms with Crippen LogP contribution in [0.4, 0.5) is 22.7 Å². The fourth-order valence-electron chi connectivity index (χ4n) is 7.88. The Bertz CT molecular complexity index is 2430. The molecule has 52 heavy (non-hydrogen) atoms. The minimum Gasteiger partial charge on any atom is -0.453 e. The number of para-hydroxylation sites is 6. The average molecular weight is 673 g/mol. The van der Waals surface area contributed by atoms with Crippen LogP contribution in [0.1, 0.15) is 31.2 Å². The van der Waals surface area contributed by atoms with Gasteiger partial charge in [0.1, 0.15) is 5.76 Å². The Hall–Kier alpha value is -6.52. The molecule has 4 aliphatic rings. The van der Waals surface area contributed by atoms with Crippen molar-refractivity contribution in [2.45, 2.75) is 25.7 Å². The molecule has 0 unspecified atom stereocenters. The van der Waals surface area contributed by atoms with Gasteiger partial charge in [0.25, 0.3) is 0 Å². The summed E-state index contributed by atoms with van der Waals surface area (Å²) in [5, 5.41) is 0. The van der Waals surface area contributed by atoms with Crippen LogP contribution >= 0.6 is 0 Å². The van der Waals surface area contributed by atoms with E-state index in [0.717, 1.165) is 71.4 Å². The molecule has 2 aliphatic carbocycles. The van der Waals surface area contributed by atoms with Gasteiger partial charge in [0, 0.05) is 11.4 Å². The largest absolute Gasteiger partial charge is 0.453 e. The van der Waals surface area contributed by atoms with Gasteiger partial charge in [-0.25, -0.2) is 0 Å². The van der Waals surface area contributed by atoms with Crippen molar-refractivity contribution in [3.05, 3.63) is 193 Å². The molecule has 0 N–H and O–H groups in total. The molecule has 4 nitrogen and oxygen atoms in total. The Kier molecular flexibility index (Phi) is 7.38. The third-order valence-corrected chi connectivity index (χ3v) is 10.4. The molecule has 0 bridgehead atoms. The Morgan fingerprint density at radius 1 is 0.442 bits per heavy atom. The van der Waals surface area contributed by atoms with Crippen LogP contribution in [0.3, 0.4) is 0 Å². The highest BCUT2D eigenvalue weighted by Crippen LogP contribution is 2.50. The summed E-state index contributed by atoms with van der Waals surface area (Å²) in [5.74, 6) is 3.59. The summed E-state index contributed by atoms with van der Waals surface area (Å²) in [5.41, 5.74) is 14.3. The van der Waals surface area contributed by atoms with Crippen molar-refractivity contribution in [1.29, 1.82) is 0 Å². The Labute approximate surface area is 304 Å². The van der Waals surface area contributed by atoms with E-state index in [1.54, 1.807) is 0 Å². The molecule has 0 saturated carbocycles. The lowest BCUT2D eigenvalue weighted by Gasteiger charge is -2.37. The van der Waals surface area contributed by atoms with Crippen molar-refractivity contribution >= 4 is 28.3 Å². The van der Waals surface area contributed by atoms with Crippen LogP contribution in [-0.4, -0.2) is 0 Å². The van der Waals surface area contributed by atoms with Gasteiger partial charge in [-0.15, -0.1) is 0 Å². The molecule has 0 saturated heterocycles. The zero-order chi connectivity index (χ0) is 34.4. The van der Waals surface area contributed by atoms with Crippen molar-refractivity contribution in [2.24, 2.45) is 0 Å². The van der Waals surface area contributed by atoms with E-state index < -0.39 is 0 Å². The first-order valence-electron chi connectivity index (χ1n) is 18.1. The number of fused-ring (bicyclic) bond motifs is 3. The highest BCUT2D eigenvalue weighted by molar-refractivity contribution is 5.87. The van der Waals surface area contributed by atoms with Gasteiger partial charge >= 0.3 is 0 Å². The number of anilines is 4. The van der Waals surface area contributed by atoms with Crippen LogP contribution < -0.4 is 19.3 Å². The van der Waals surface area contributed by atoms with Gasteiger partial charge in [-0.1, -0.05) is 91.0 Å². The third kappa shape index (κ3) is 5.32. The lowest BCUT2D eigenvalue weighted by atomic mass is 9.89. The number of nitrogens with zero attached hydrogens (tertiary/aromatic N) is 2. The normalized spacial score (nSPS) is 15.7. The Morgan fingerprint density at radius 3 is 1.67 bits per heavy atom. The lowest BCUT2D eigenvalue weighted by Crippen LogP contribution is -2.29. The van der Waals surface area contributed by atoms with Gasteiger partial charge in [-0.2, -0.15) is 0 Å². The van der Waals surface area contributed by atoms with E-state index >= 15 is 0 Å². The fraction of sp³-hybridized carbons (Fsp3) is 0.0833. The van der Waals surface area contributed by atoms with Crippen molar-refractivity contribution in [3.8, 4) is 39.5 Å². The SMILES string of the molecule is C1=CC2=C(CC1)N(C1=CC=C(c3cc(-c4ccccc4)cc(-c4ccc(N5c6ccccc6Oc6ccccc65)cc4)c3)CC1)c1ccccc1O2. The number of rotatable bonds is 5. The van der Waals surface area contributed by atoms with Crippen LogP contribution in [0, 0.1) is 0 Å². The smallest absolute Gasteiger partial charge is 0.151 e. The summed E-state index contributed by atoms with van der Waals surface area (Å²) in [6.07, 6.45) is 12.9. The van der Waals surface area contributed by atoms with Crippen molar-refractivity contribution in [2.75, 3.05) is 9.80 Å². The van der Waals surface area contributed by atoms with Crippen LogP contribution in [0.25, 0.3) is 27.8 Å². The molecule has 2 aliphatic heterocycles. The third-order valence-electron chi connectivity index (χ3n) is 10.4. The van der Waals surface area contributed by atoms with E-state index in [-0.39, 0.29) is 0 Å². The number of allylic oxidation sites excluding steroid dienone is 7. The number of ether oxygens (including phenoxy) is 2. The van der Waals surface area contributed by atoms with Gasteiger partial charge < -0.3 is 19.3 Å². The van der Waals surface area contributed by atoms with Gasteiger partial charge in [0.05, 0.1) is 22.8 Å². The van der Waals surface area contributed by atoms with Crippen LogP contribution in [0.15, 0.2) is 187 Å². The average Bonchev–Trinajstić information content (AvgIpc) is 3.22. The highest BCUT2D eigenvalue weighted by Gasteiger charge is 2.30. The standard InChI is InChI=1S/C48H36N2O2/c1-2-12-33(13-3-1)36-30-37(34-22-26-39(27-23-34)49-41-14-4-8-18-45(41)51-46-19-9-5-15-42(46)49)32-38(31-36)35-24-28-40(29-25-35)50-43-16-6-10-20-47(43)52-48-21-11-7-17-44(48)50/h1-6,8-16,18-24,26-28,30-32H,7,17,25,29H2. The molecule has 0 radical (unpaired) electrons. The minimum absolute atomic E-state index is 0.856. The molecule has 0 fully saturated rings. The van der Waals surface area contributed by atoms with Crippen molar-refractivity contribution in [1.82, 2.24) is 0 Å². The topological polar surface area (TPSA) is 24.9 Å². The molecule has 250 valence electrons. The first-order valence-corrected chi connectivity index (χ1v) is 18.1.